The highest BCUT2D eigenvalue weighted by Crippen LogP contribution is 2.56. The van der Waals surface area contributed by atoms with E-state index in [0.29, 0.717) is 16.7 Å². The largest absolute Gasteiger partial charge is 0.508 e. The van der Waals surface area contributed by atoms with Crippen molar-refractivity contribution >= 4 is 28.8 Å². The summed E-state index contributed by atoms with van der Waals surface area (Å²) in [4.78, 5) is 38.4. The summed E-state index contributed by atoms with van der Waals surface area (Å²) in [6, 6.07) is 3.42. The molecule has 0 heterocycles. The molecule has 1 aromatic rings. The average molecular weight is 512 g/mol. The molecule has 1 aromatic carbocycles. The van der Waals surface area contributed by atoms with Gasteiger partial charge in [0, 0.05) is 23.8 Å². The lowest BCUT2D eigenvalue weighted by Crippen LogP contribution is -2.63. The maximum absolute atomic E-state index is 13.9. The minimum Gasteiger partial charge on any atom is -0.508 e. The van der Waals surface area contributed by atoms with E-state index >= 15 is 0 Å². The number of fused-ring (bicyclic) bond motifs is 3. The van der Waals surface area contributed by atoms with E-state index in [4.69, 9.17) is 5.73 Å². The van der Waals surface area contributed by atoms with Gasteiger partial charge in [0.1, 0.15) is 22.8 Å². The Hall–Kier alpha value is -3.43. The number of aliphatic hydroxyl groups excluding tert-OH is 3. The van der Waals surface area contributed by atoms with E-state index in [0.717, 1.165) is 0 Å². The van der Waals surface area contributed by atoms with Crippen LogP contribution in [0.3, 0.4) is 0 Å². The predicted molar refractivity (Wildman–Crippen MR) is 135 cm³/mol. The number of aromatic hydroxyl groups is 1. The van der Waals surface area contributed by atoms with E-state index in [-0.39, 0.29) is 11.3 Å². The molecule has 4 unspecified atom stereocenters. The van der Waals surface area contributed by atoms with Gasteiger partial charge < -0.3 is 31.3 Å². The lowest BCUT2D eigenvalue weighted by molar-refractivity contribution is -0.157. The van der Waals surface area contributed by atoms with Gasteiger partial charge in [0.15, 0.2) is 11.4 Å². The van der Waals surface area contributed by atoms with Gasteiger partial charge in [0.05, 0.1) is 17.2 Å². The fourth-order valence-electron chi connectivity index (χ4n) is 5.80. The summed E-state index contributed by atoms with van der Waals surface area (Å²) in [7, 11) is 0. The summed E-state index contributed by atoms with van der Waals surface area (Å²) in [6.45, 7) is 11.3. The second-order valence-corrected chi connectivity index (χ2v) is 12.2. The van der Waals surface area contributed by atoms with Crippen molar-refractivity contribution in [3.05, 3.63) is 51.8 Å². The zero-order valence-corrected chi connectivity index (χ0v) is 21.7. The molecule has 9 heteroatoms. The Morgan fingerprint density at radius 2 is 1.68 bits per heavy atom. The molecule has 7 N–H and O–H groups in total. The number of ketones is 2. The van der Waals surface area contributed by atoms with Crippen LogP contribution < -0.4 is 5.73 Å². The number of rotatable bonds is 1. The Bertz CT molecular complexity index is 1350. The highest BCUT2D eigenvalue weighted by molar-refractivity contribution is 6.23. The quantitative estimate of drug-likeness (QED) is 0.311. The first kappa shape index (κ1) is 26.6. The smallest absolute Gasteiger partial charge is 0.255 e. The molecule has 4 atom stereocenters. The van der Waals surface area contributed by atoms with Crippen molar-refractivity contribution in [1.82, 2.24) is 0 Å². The molecule has 0 radical (unpaired) electrons. The molecule has 0 bridgehead atoms. The molecule has 37 heavy (non-hydrogen) atoms. The first-order chi connectivity index (χ1) is 16.8. The normalized spacial score (nSPS) is 29.3. The van der Waals surface area contributed by atoms with Crippen molar-refractivity contribution < 1.29 is 39.9 Å². The summed E-state index contributed by atoms with van der Waals surface area (Å²) in [5, 5.41) is 56.6. The number of aliphatic hydroxyl groups is 4. The molecular weight excluding hydrogens is 478 g/mol. The first-order valence-electron chi connectivity index (χ1n) is 12.1. The van der Waals surface area contributed by atoms with Crippen molar-refractivity contribution in [2.24, 2.45) is 23.0 Å². The highest BCUT2D eigenvalue weighted by Gasteiger charge is 2.64. The molecule has 0 aliphatic heterocycles. The molecule has 0 aromatic heterocycles. The number of hydrogen-bond acceptors (Lipinski definition) is 8. The number of benzene rings is 1. The van der Waals surface area contributed by atoms with Crippen molar-refractivity contribution in [2.45, 2.75) is 65.1 Å². The average Bonchev–Trinajstić information content (AvgIpc) is 2.74. The van der Waals surface area contributed by atoms with Crippen LogP contribution in [0.5, 0.6) is 5.75 Å². The van der Waals surface area contributed by atoms with E-state index in [2.05, 4.69) is 0 Å². The Balaban J connectivity index is 2.12. The van der Waals surface area contributed by atoms with Crippen LogP contribution >= 0.6 is 0 Å². The number of hydrogen-bond donors (Lipinski definition) is 6. The van der Waals surface area contributed by atoms with E-state index < -0.39 is 80.9 Å². The van der Waals surface area contributed by atoms with Gasteiger partial charge in [-0.3, -0.25) is 14.4 Å². The number of allylic oxidation sites excluding steroid dienone is 1. The Kier molecular flexibility index (Phi) is 5.78. The number of nitrogens with two attached hydrogens (primary N) is 1. The topological polar surface area (TPSA) is 178 Å². The second kappa shape index (κ2) is 8.03. The van der Waals surface area contributed by atoms with Gasteiger partial charge in [-0.15, -0.1) is 0 Å². The first-order valence-corrected chi connectivity index (χ1v) is 12.1. The lowest BCUT2D eigenvalue weighted by Gasteiger charge is -2.49. The summed E-state index contributed by atoms with van der Waals surface area (Å²) >= 11 is 0. The highest BCUT2D eigenvalue weighted by atomic mass is 16.4. The van der Waals surface area contributed by atoms with Gasteiger partial charge in [0.25, 0.3) is 5.91 Å². The number of Topliss-reactive ketones (excluding diaryl/α,β-unsaturated/α-hetero) is 2. The van der Waals surface area contributed by atoms with E-state index in [1.54, 1.807) is 18.2 Å². The van der Waals surface area contributed by atoms with Gasteiger partial charge in [-0.1, -0.05) is 59.8 Å². The van der Waals surface area contributed by atoms with Gasteiger partial charge in [0.2, 0.25) is 5.78 Å². The zero-order valence-electron chi connectivity index (χ0n) is 21.7. The van der Waals surface area contributed by atoms with Gasteiger partial charge in [-0.25, -0.2) is 0 Å². The number of phenols is 1. The molecule has 0 spiro atoms. The van der Waals surface area contributed by atoms with Crippen molar-refractivity contribution in [1.29, 1.82) is 0 Å². The van der Waals surface area contributed by atoms with Crippen LogP contribution in [0.2, 0.25) is 0 Å². The predicted octanol–water partition coefficient (Wildman–Crippen LogP) is 2.58. The van der Waals surface area contributed by atoms with E-state index in [9.17, 15) is 39.9 Å². The Labute approximate surface area is 214 Å². The fourth-order valence-corrected chi connectivity index (χ4v) is 5.80. The lowest BCUT2D eigenvalue weighted by atomic mass is 9.56. The van der Waals surface area contributed by atoms with Crippen molar-refractivity contribution in [3.8, 4) is 5.75 Å². The minimum absolute atomic E-state index is 0.0396. The summed E-state index contributed by atoms with van der Waals surface area (Å²) < 4.78 is 0. The summed E-state index contributed by atoms with van der Waals surface area (Å²) in [6.07, 6.45) is -0.443. The van der Waals surface area contributed by atoms with Crippen LogP contribution in [0.25, 0.3) is 11.3 Å². The molecule has 198 valence electrons. The monoisotopic (exact) mass is 511 g/mol. The molecule has 3 aliphatic rings. The van der Waals surface area contributed by atoms with Crippen LogP contribution in [-0.4, -0.2) is 54.7 Å². The maximum atomic E-state index is 13.9. The maximum Gasteiger partial charge on any atom is 0.255 e. The van der Waals surface area contributed by atoms with Crippen molar-refractivity contribution in [3.63, 3.8) is 0 Å². The second-order valence-electron chi connectivity index (χ2n) is 12.2. The molecule has 9 nitrogen and oxygen atoms in total. The molecule has 1 fully saturated rings. The number of phenolic OH excluding ortho intramolecular Hbond substituents is 1. The van der Waals surface area contributed by atoms with Crippen LogP contribution in [-0.2, 0) is 19.8 Å². The van der Waals surface area contributed by atoms with Crippen LogP contribution in [0.4, 0.5) is 0 Å². The fraction of sp³-hybridized carbons (Fsp3) is 0.464. The third-order valence-electron chi connectivity index (χ3n) is 7.43. The number of amides is 1. The third kappa shape index (κ3) is 3.71. The zero-order chi connectivity index (χ0) is 28.0. The number of carbonyl (C=O) groups excluding carboxylic acids is 3. The van der Waals surface area contributed by atoms with Crippen LogP contribution in [0.15, 0.2) is 35.1 Å². The third-order valence-corrected chi connectivity index (χ3v) is 7.43. The number of carbonyl (C=O) groups is 3. The van der Waals surface area contributed by atoms with Gasteiger partial charge in [-0.05, 0) is 22.0 Å². The van der Waals surface area contributed by atoms with E-state index in [1.807, 2.05) is 41.5 Å². The van der Waals surface area contributed by atoms with Crippen LogP contribution in [0.1, 0.15) is 64.7 Å². The standard InChI is InChI=1S/C28H33NO8/c1-26(2,3)10-12-11-7-8-13(27(4,5)6)20(31)17(11)22(33)19-16(12)21(32)14-9-15(30)18(25(29)36)23(34)28(14,37)24(19)35/h7-8,10,14,16,21,31-34,37H,9H2,1-6H3,(H2,29,36)/b12-10+. The molecule has 4 rings (SSSR count). The summed E-state index contributed by atoms with van der Waals surface area (Å²) in [5.74, 6) is -8.27. The SMILES string of the molecule is CC(C)(C)/C=C1\c2ccc(C(C)(C)C)c(O)c2C(O)=C2C(=O)C3(O)C(O)=C(C(N)=O)C(=O)CC3C(O)C21. The van der Waals surface area contributed by atoms with Gasteiger partial charge in [-0.2, -0.15) is 0 Å². The van der Waals surface area contributed by atoms with E-state index in [1.165, 1.54) is 0 Å². The molecule has 1 amide bonds. The Morgan fingerprint density at radius 1 is 1.08 bits per heavy atom. The minimum atomic E-state index is -2.88. The van der Waals surface area contributed by atoms with Crippen LogP contribution in [0, 0.1) is 17.3 Å². The molecular formula is C28H33NO8. The number of primary amides is 1. The van der Waals surface area contributed by atoms with Gasteiger partial charge >= 0.3 is 0 Å². The molecule has 3 aliphatic carbocycles. The molecule has 1 saturated carbocycles. The van der Waals surface area contributed by atoms with Crippen molar-refractivity contribution in [2.75, 3.05) is 0 Å². The summed E-state index contributed by atoms with van der Waals surface area (Å²) in [5.41, 5.74) is 1.26. The Morgan fingerprint density at radius 3 is 2.19 bits per heavy atom. The molecule has 0 saturated heterocycles.